The van der Waals surface area contributed by atoms with Crippen LogP contribution >= 0.6 is 0 Å². The smallest absolute Gasteiger partial charge is 0.332 e. The fraction of sp³-hybridized carbons (Fsp3) is 0.194. The number of furan rings is 1. The maximum atomic E-state index is 13.8. The van der Waals surface area contributed by atoms with E-state index in [1.165, 1.54) is 18.8 Å². The number of amides is 1. The molecule has 1 amide bonds. The summed E-state index contributed by atoms with van der Waals surface area (Å²) in [5.74, 6) is 1.21. The van der Waals surface area contributed by atoms with Gasteiger partial charge in [0.15, 0.2) is 11.5 Å². The molecule has 0 aliphatic carbocycles. The molecule has 0 aliphatic rings. The van der Waals surface area contributed by atoms with Crippen molar-refractivity contribution in [3.8, 4) is 11.5 Å². The molecule has 5 aromatic rings. The number of hydrogen-bond donors (Lipinski definition) is 1. The Bertz CT molecular complexity index is 1780. The highest BCUT2D eigenvalue weighted by Crippen LogP contribution is 2.30. The van der Waals surface area contributed by atoms with Gasteiger partial charge in [-0.15, -0.1) is 0 Å². The summed E-state index contributed by atoms with van der Waals surface area (Å²) in [7, 11) is 3.01. The van der Waals surface area contributed by atoms with E-state index in [0.717, 1.165) is 11.1 Å². The monoisotopic (exact) mass is 539 g/mol. The minimum atomic E-state index is -0.451. The van der Waals surface area contributed by atoms with Crippen LogP contribution in [-0.2, 0) is 19.6 Å². The Morgan fingerprint density at radius 2 is 1.60 bits per heavy atom. The summed E-state index contributed by atoms with van der Waals surface area (Å²) >= 11 is 0. The molecule has 2 aromatic heterocycles. The topological polar surface area (TPSA) is 105 Å². The van der Waals surface area contributed by atoms with Gasteiger partial charge in [0.1, 0.15) is 5.76 Å². The van der Waals surface area contributed by atoms with Crippen molar-refractivity contribution in [2.24, 2.45) is 0 Å². The zero-order chi connectivity index (χ0) is 28.2. The van der Waals surface area contributed by atoms with Crippen molar-refractivity contribution in [2.45, 2.75) is 26.6 Å². The lowest BCUT2D eigenvalue weighted by atomic mass is 10.1. The Morgan fingerprint density at radius 3 is 2.27 bits per heavy atom. The van der Waals surface area contributed by atoms with Gasteiger partial charge in [0.25, 0.3) is 11.5 Å². The van der Waals surface area contributed by atoms with Crippen molar-refractivity contribution in [2.75, 3.05) is 14.2 Å². The first-order chi connectivity index (χ1) is 19.4. The number of methoxy groups -OCH3 is 2. The van der Waals surface area contributed by atoms with Crippen LogP contribution in [-0.4, -0.2) is 29.3 Å². The van der Waals surface area contributed by atoms with E-state index in [2.05, 4.69) is 5.32 Å². The normalized spacial score (nSPS) is 11.0. The molecule has 40 heavy (non-hydrogen) atoms. The number of aryl methyl sites for hydroxylation is 1. The first-order valence-corrected chi connectivity index (χ1v) is 12.7. The second kappa shape index (κ2) is 11.4. The SMILES string of the molecule is COc1cc2c(=O)n(Cc3ccc(C(=O)NCc4ccco4)cc3)c(=O)n(Cc3ccccc3C)c2cc1OC. The van der Waals surface area contributed by atoms with E-state index in [4.69, 9.17) is 13.9 Å². The molecule has 0 unspecified atom stereocenters. The second-order valence-electron chi connectivity index (χ2n) is 9.37. The van der Waals surface area contributed by atoms with Gasteiger partial charge in [0.2, 0.25) is 0 Å². The van der Waals surface area contributed by atoms with Crippen molar-refractivity contribution < 1.29 is 18.7 Å². The summed E-state index contributed by atoms with van der Waals surface area (Å²) in [4.78, 5) is 40.0. The highest BCUT2D eigenvalue weighted by atomic mass is 16.5. The van der Waals surface area contributed by atoms with Gasteiger partial charge in [-0.05, 0) is 53.9 Å². The third-order valence-electron chi connectivity index (χ3n) is 6.88. The zero-order valence-corrected chi connectivity index (χ0v) is 22.5. The van der Waals surface area contributed by atoms with Gasteiger partial charge >= 0.3 is 5.69 Å². The van der Waals surface area contributed by atoms with Crippen molar-refractivity contribution in [1.29, 1.82) is 0 Å². The summed E-state index contributed by atoms with van der Waals surface area (Å²) in [5.41, 5.74) is 2.70. The van der Waals surface area contributed by atoms with E-state index in [-0.39, 0.29) is 25.5 Å². The molecule has 0 fully saturated rings. The standard InChI is InChI=1S/C31H29N3O6/c1-20-7-4-5-8-23(20)19-33-26-16-28(39-3)27(38-2)15-25(26)30(36)34(31(33)37)18-21-10-12-22(13-11-21)29(35)32-17-24-9-6-14-40-24/h4-16H,17-19H2,1-3H3,(H,32,35). The van der Waals surface area contributed by atoms with E-state index in [1.807, 2.05) is 31.2 Å². The third-order valence-corrected chi connectivity index (χ3v) is 6.88. The van der Waals surface area contributed by atoms with Crippen LogP contribution in [0.1, 0.15) is 32.8 Å². The average Bonchev–Trinajstić information content (AvgIpc) is 3.50. The van der Waals surface area contributed by atoms with E-state index in [0.29, 0.717) is 39.3 Å². The summed E-state index contributed by atoms with van der Waals surface area (Å²) in [6, 6.07) is 21.4. The molecular formula is C31H29N3O6. The summed E-state index contributed by atoms with van der Waals surface area (Å²) in [6.45, 7) is 2.56. The van der Waals surface area contributed by atoms with Crippen LogP contribution in [0.2, 0.25) is 0 Å². The van der Waals surface area contributed by atoms with Gasteiger partial charge in [-0.2, -0.15) is 0 Å². The van der Waals surface area contributed by atoms with E-state index < -0.39 is 11.2 Å². The van der Waals surface area contributed by atoms with Gasteiger partial charge in [0, 0.05) is 11.6 Å². The first-order valence-electron chi connectivity index (χ1n) is 12.7. The quantitative estimate of drug-likeness (QED) is 0.302. The lowest BCUT2D eigenvalue weighted by molar-refractivity contribution is 0.0948. The predicted octanol–water partition coefficient (Wildman–Crippen LogP) is 4.11. The van der Waals surface area contributed by atoms with Crippen LogP contribution in [0.15, 0.2) is 93.1 Å². The molecule has 3 aromatic carbocycles. The maximum absolute atomic E-state index is 13.8. The Balaban J connectivity index is 1.53. The van der Waals surface area contributed by atoms with Crippen LogP contribution in [0.25, 0.3) is 10.9 Å². The molecule has 9 heteroatoms. The maximum Gasteiger partial charge on any atom is 0.332 e. The Kier molecular flexibility index (Phi) is 7.54. The van der Waals surface area contributed by atoms with Crippen molar-refractivity contribution >= 4 is 16.8 Å². The highest BCUT2D eigenvalue weighted by Gasteiger charge is 2.18. The fourth-order valence-corrected chi connectivity index (χ4v) is 4.62. The number of hydrogen-bond acceptors (Lipinski definition) is 6. The minimum absolute atomic E-state index is 0.0318. The zero-order valence-electron chi connectivity index (χ0n) is 22.5. The lowest BCUT2D eigenvalue weighted by Crippen LogP contribution is -2.40. The molecule has 0 aliphatic heterocycles. The number of rotatable bonds is 9. The molecule has 2 heterocycles. The Labute approximate surface area is 230 Å². The van der Waals surface area contributed by atoms with Gasteiger partial charge in [-0.25, -0.2) is 4.79 Å². The van der Waals surface area contributed by atoms with Gasteiger partial charge in [-0.3, -0.25) is 18.7 Å². The number of carbonyl (C=O) groups excluding carboxylic acids is 1. The molecule has 0 radical (unpaired) electrons. The van der Waals surface area contributed by atoms with Crippen molar-refractivity contribution in [1.82, 2.24) is 14.5 Å². The summed E-state index contributed by atoms with van der Waals surface area (Å²) in [6.07, 6.45) is 1.55. The molecule has 5 rings (SSSR count). The molecule has 0 atom stereocenters. The molecule has 1 N–H and O–H groups in total. The lowest BCUT2D eigenvalue weighted by Gasteiger charge is -2.17. The van der Waals surface area contributed by atoms with E-state index in [9.17, 15) is 14.4 Å². The summed E-state index contributed by atoms with van der Waals surface area (Å²) < 4.78 is 18.9. The molecule has 0 saturated carbocycles. The van der Waals surface area contributed by atoms with Gasteiger partial charge < -0.3 is 19.2 Å². The molecule has 0 saturated heterocycles. The van der Waals surface area contributed by atoms with Crippen molar-refractivity contribution in [3.05, 3.63) is 128 Å². The van der Waals surface area contributed by atoms with Crippen LogP contribution < -0.4 is 26.0 Å². The van der Waals surface area contributed by atoms with Crippen LogP contribution in [0.3, 0.4) is 0 Å². The molecule has 0 spiro atoms. The Morgan fingerprint density at radius 1 is 0.875 bits per heavy atom. The van der Waals surface area contributed by atoms with Crippen LogP contribution in [0.4, 0.5) is 0 Å². The number of fused-ring (bicyclic) bond motifs is 1. The number of benzene rings is 3. The molecule has 0 bridgehead atoms. The molecular weight excluding hydrogens is 510 g/mol. The minimum Gasteiger partial charge on any atom is -0.493 e. The number of ether oxygens (including phenoxy) is 2. The van der Waals surface area contributed by atoms with Gasteiger partial charge in [0.05, 0.1) is 51.0 Å². The number of carbonyl (C=O) groups is 1. The first kappa shape index (κ1) is 26.6. The molecule has 9 nitrogen and oxygen atoms in total. The fourth-order valence-electron chi connectivity index (χ4n) is 4.62. The predicted molar refractivity (Wildman–Crippen MR) is 151 cm³/mol. The number of aromatic nitrogens is 2. The average molecular weight is 540 g/mol. The van der Waals surface area contributed by atoms with E-state index in [1.54, 1.807) is 59.4 Å². The third kappa shape index (κ3) is 5.26. The summed E-state index contributed by atoms with van der Waals surface area (Å²) in [5, 5.41) is 3.13. The van der Waals surface area contributed by atoms with Gasteiger partial charge in [-0.1, -0.05) is 36.4 Å². The van der Waals surface area contributed by atoms with E-state index >= 15 is 0 Å². The largest absolute Gasteiger partial charge is 0.493 e. The van der Waals surface area contributed by atoms with Crippen LogP contribution in [0, 0.1) is 6.92 Å². The molecule has 204 valence electrons. The van der Waals surface area contributed by atoms with Crippen LogP contribution in [0.5, 0.6) is 11.5 Å². The number of nitrogens with zero attached hydrogens (tertiary/aromatic N) is 2. The Hall–Kier alpha value is -5.05. The number of nitrogens with one attached hydrogen (secondary N) is 1. The second-order valence-corrected chi connectivity index (χ2v) is 9.37. The van der Waals surface area contributed by atoms with Crippen molar-refractivity contribution in [3.63, 3.8) is 0 Å². The highest BCUT2D eigenvalue weighted by molar-refractivity contribution is 5.94.